The van der Waals surface area contributed by atoms with E-state index in [1.165, 1.54) is 5.56 Å². The van der Waals surface area contributed by atoms with Crippen LogP contribution in [0.15, 0.2) is 30.3 Å². The molecular formula is C16H22BNO2. The third kappa shape index (κ3) is 6.99. The van der Waals surface area contributed by atoms with Crippen LogP contribution in [0.1, 0.15) is 31.7 Å². The first-order chi connectivity index (χ1) is 9.76. The molecule has 0 unspecified atom stereocenters. The lowest BCUT2D eigenvalue weighted by Gasteiger charge is -2.06. The van der Waals surface area contributed by atoms with E-state index in [-0.39, 0.29) is 19.0 Å². The zero-order chi connectivity index (χ0) is 14.6. The molecule has 20 heavy (non-hydrogen) atoms. The van der Waals surface area contributed by atoms with Crippen LogP contribution in [0.5, 0.6) is 0 Å². The molecular weight excluding hydrogens is 249 g/mol. The first kappa shape index (κ1) is 16.3. The Hall–Kier alpha value is -1.76. The third-order valence-corrected chi connectivity index (χ3v) is 3.20. The maximum absolute atomic E-state index is 11.5. The monoisotopic (exact) mass is 271 g/mol. The molecule has 0 amide bonds. The van der Waals surface area contributed by atoms with Crippen molar-refractivity contribution in [1.82, 2.24) is 0 Å². The number of unbranched alkanes of at least 4 members (excludes halogenated alkanes) is 1. The van der Waals surface area contributed by atoms with Gasteiger partial charge in [0.2, 0.25) is 0 Å². The number of rotatable bonds is 9. The number of esters is 1. The van der Waals surface area contributed by atoms with E-state index in [0.717, 1.165) is 32.0 Å². The summed E-state index contributed by atoms with van der Waals surface area (Å²) in [5, 5.41) is 8.88. The molecule has 0 saturated carbocycles. The normalized spacial score (nSPS) is 9.80. The lowest BCUT2D eigenvalue weighted by Crippen LogP contribution is -2.17. The molecule has 0 bridgehead atoms. The van der Waals surface area contributed by atoms with Gasteiger partial charge in [0.05, 0.1) is 6.61 Å². The molecule has 0 aliphatic carbocycles. The summed E-state index contributed by atoms with van der Waals surface area (Å²) >= 11 is 0. The van der Waals surface area contributed by atoms with Crippen molar-refractivity contribution in [2.75, 3.05) is 6.61 Å². The van der Waals surface area contributed by atoms with Gasteiger partial charge < -0.3 is 4.74 Å². The molecule has 0 fully saturated rings. The molecule has 0 aliphatic rings. The summed E-state index contributed by atoms with van der Waals surface area (Å²) in [6.45, 7) is 2.27. The smallest absolute Gasteiger partial charge is 0.299 e. The first-order valence-corrected chi connectivity index (χ1v) is 7.35. The molecule has 0 saturated heterocycles. The number of hydrogen-bond acceptors (Lipinski definition) is 3. The lowest BCUT2D eigenvalue weighted by molar-refractivity contribution is -0.141. The van der Waals surface area contributed by atoms with Gasteiger partial charge in [-0.2, -0.15) is 0 Å². The number of carbonyl (C=O) groups excluding carboxylic acids is 1. The quantitative estimate of drug-likeness (QED) is 0.392. The van der Waals surface area contributed by atoms with Gasteiger partial charge in [0.15, 0.2) is 0 Å². The molecule has 1 rings (SSSR count). The molecule has 106 valence electrons. The van der Waals surface area contributed by atoms with Crippen molar-refractivity contribution in [1.29, 1.82) is 5.26 Å². The van der Waals surface area contributed by atoms with Gasteiger partial charge in [0.25, 0.3) is 12.7 Å². The van der Waals surface area contributed by atoms with Crippen LogP contribution in [0.3, 0.4) is 0 Å². The van der Waals surface area contributed by atoms with Gasteiger partial charge in [-0.3, -0.25) is 4.79 Å². The summed E-state index contributed by atoms with van der Waals surface area (Å²) in [6, 6.07) is 10.3. The van der Waals surface area contributed by atoms with E-state index < -0.39 is 0 Å². The van der Waals surface area contributed by atoms with E-state index in [1.54, 1.807) is 0 Å². The predicted molar refractivity (Wildman–Crippen MR) is 81.6 cm³/mol. The number of carbonyl (C=O) groups is 1. The van der Waals surface area contributed by atoms with E-state index in [1.807, 2.05) is 25.1 Å². The molecule has 0 aromatic heterocycles. The number of nitriles is 1. The molecule has 0 spiro atoms. The standard InChI is InChI=1S/C16H22BNO2/c1-2-11-17(14-18)13-16(19)20-12-7-6-10-15-8-4-3-5-9-15/h3-5,8-9H,2,6-7,10-13H2,1H3. The van der Waals surface area contributed by atoms with Crippen LogP contribution in [0.4, 0.5) is 0 Å². The fourth-order valence-electron chi connectivity index (χ4n) is 2.08. The molecule has 0 radical (unpaired) electrons. The Balaban J connectivity index is 2.09. The zero-order valence-corrected chi connectivity index (χ0v) is 12.2. The molecule has 1 aromatic carbocycles. The van der Waals surface area contributed by atoms with E-state index >= 15 is 0 Å². The average Bonchev–Trinajstić information content (AvgIpc) is 2.47. The minimum absolute atomic E-state index is 0.197. The first-order valence-electron chi connectivity index (χ1n) is 7.35. The van der Waals surface area contributed by atoms with E-state index in [0.29, 0.717) is 6.61 Å². The minimum atomic E-state index is -0.246. The highest BCUT2D eigenvalue weighted by atomic mass is 16.5. The summed E-state index contributed by atoms with van der Waals surface area (Å²) in [6.07, 6.45) is 4.79. The summed E-state index contributed by atoms with van der Waals surface area (Å²) in [4.78, 5) is 11.5. The van der Waals surface area contributed by atoms with Crippen LogP contribution < -0.4 is 0 Å². The topological polar surface area (TPSA) is 50.1 Å². The molecule has 4 heteroatoms. The highest BCUT2D eigenvalue weighted by Crippen LogP contribution is 2.06. The third-order valence-electron chi connectivity index (χ3n) is 3.20. The lowest BCUT2D eigenvalue weighted by atomic mass is 9.46. The Morgan fingerprint density at radius 2 is 2.05 bits per heavy atom. The SMILES string of the molecule is CCCB(C#N)CC(=O)OCCCCc1ccccc1. The van der Waals surface area contributed by atoms with Crippen molar-refractivity contribution >= 4 is 12.7 Å². The van der Waals surface area contributed by atoms with Gasteiger partial charge in [-0.1, -0.05) is 50.0 Å². The van der Waals surface area contributed by atoms with Gasteiger partial charge in [-0.05, 0) is 24.8 Å². The number of aryl methyl sites for hydroxylation is 1. The van der Waals surface area contributed by atoms with Gasteiger partial charge in [0.1, 0.15) is 0 Å². The molecule has 3 nitrogen and oxygen atoms in total. The van der Waals surface area contributed by atoms with E-state index in [9.17, 15) is 4.79 Å². The van der Waals surface area contributed by atoms with Crippen LogP contribution >= 0.6 is 0 Å². The second-order valence-electron chi connectivity index (χ2n) is 4.98. The Labute approximate surface area is 122 Å². The Kier molecular flexibility index (Phi) is 8.22. The molecule has 1 aromatic rings. The Morgan fingerprint density at radius 3 is 2.70 bits per heavy atom. The minimum Gasteiger partial charge on any atom is -0.466 e. The Morgan fingerprint density at radius 1 is 1.30 bits per heavy atom. The maximum Gasteiger partial charge on any atom is 0.299 e. The van der Waals surface area contributed by atoms with Crippen LogP contribution in [0, 0.1) is 11.2 Å². The van der Waals surface area contributed by atoms with Gasteiger partial charge in [0, 0.05) is 12.3 Å². The fraction of sp³-hybridized carbons (Fsp3) is 0.500. The van der Waals surface area contributed by atoms with Crippen molar-refractivity contribution in [3.63, 3.8) is 0 Å². The second kappa shape index (κ2) is 10.1. The van der Waals surface area contributed by atoms with Crippen molar-refractivity contribution < 1.29 is 9.53 Å². The highest BCUT2D eigenvalue weighted by Gasteiger charge is 2.17. The Bertz CT molecular complexity index is 428. The molecule has 0 heterocycles. The van der Waals surface area contributed by atoms with Crippen LogP contribution in [-0.2, 0) is 16.0 Å². The van der Waals surface area contributed by atoms with E-state index in [4.69, 9.17) is 10.00 Å². The number of ether oxygens (including phenoxy) is 1. The van der Waals surface area contributed by atoms with Gasteiger partial charge in [-0.25, -0.2) is 5.26 Å². The summed E-state index contributed by atoms with van der Waals surface area (Å²) < 4.78 is 5.17. The number of nitrogens with zero attached hydrogens (tertiary/aromatic N) is 1. The summed E-state index contributed by atoms with van der Waals surface area (Å²) in [5.41, 5.74) is 1.31. The molecule has 0 atom stereocenters. The highest BCUT2D eigenvalue weighted by molar-refractivity contribution is 6.69. The van der Waals surface area contributed by atoms with Crippen LogP contribution in [0.2, 0.25) is 12.6 Å². The zero-order valence-electron chi connectivity index (χ0n) is 12.2. The summed E-state index contributed by atoms with van der Waals surface area (Å²) in [5.74, 6) is 1.91. The van der Waals surface area contributed by atoms with Crippen LogP contribution in [-0.4, -0.2) is 19.3 Å². The van der Waals surface area contributed by atoms with Crippen molar-refractivity contribution in [2.24, 2.45) is 0 Å². The van der Waals surface area contributed by atoms with Gasteiger partial charge >= 0.3 is 0 Å². The fourth-order valence-corrected chi connectivity index (χ4v) is 2.08. The number of benzene rings is 1. The second-order valence-corrected chi connectivity index (χ2v) is 4.98. The van der Waals surface area contributed by atoms with Crippen molar-refractivity contribution in [3.05, 3.63) is 35.9 Å². The number of hydrogen-bond donors (Lipinski definition) is 0. The van der Waals surface area contributed by atoms with Crippen molar-refractivity contribution in [2.45, 2.75) is 45.2 Å². The van der Waals surface area contributed by atoms with Gasteiger partial charge in [-0.15, -0.1) is 0 Å². The molecule has 0 N–H and O–H groups in total. The maximum atomic E-state index is 11.5. The van der Waals surface area contributed by atoms with Crippen LogP contribution in [0.25, 0.3) is 0 Å². The largest absolute Gasteiger partial charge is 0.466 e. The predicted octanol–water partition coefficient (Wildman–Crippen LogP) is 3.52. The average molecular weight is 271 g/mol. The van der Waals surface area contributed by atoms with E-state index in [2.05, 4.69) is 18.1 Å². The van der Waals surface area contributed by atoms with Crippen molar-refractivity contribution in [3.8, 4) is 5.97 Å². The summed E-state index contributed by atoms with van der Waals surface area (Å²) in [7, 11) is 0. The molecule has 0 aliphatic heterocycles.